The quantitative estimate of drug-likeness (QED) is 0.894. The highest BCUT2D eigenvalue weighted by Gasteiger charge is 2.22. The zero-order valence-electron chi connectivity index (χ0n) is 11.6. The standard InChI is InChI=1S/C15H24N2O/c1-4-15(16)13-5-7-14(8-6-13)17-9-11(2)18-12(3)10-17/h5-8,11-12,15H,4,9-10,16H2,1-3H3/t11-,12+,15-/m0/s1. The van der Waals surface area contributed by atoms with Gasteiger partial charge in [-0.2, -0.15) is 0 Å². The maximum Gasteiger partial charge on any atom is 0.0726 e. The maximum absolute atomic E-state index is 6.03. The Balaban J connectivity index is 2.09. The molecule has 0 aromatic heterocycles. The first-order valence-corrected chi connectivity index (χ1v) is 6.86. The van der Waals surface area contributed by atoms with Crippen LogP contribution in [0.15, 0.2) is 24.3 Å². The molecule has 2 rings (SSSR count). The van der Waals surface area contributed by atoms with Gasteiger partial charge < -0.3 is 15.4 Å². The lowest BCUT2D eigenvalue weighted by molar-refractivity contribution is -0.00521. The molecule has 3 heteroatoms. The number of anilines is 1. The van der Waals surface area contributed by atoms with E-state index in [2.05, 4.69) is 49.9 Å². The van der Waals surface area contributed by atoms with Crippen LogP contribution in [0.3, 0.4) is 0 Å². The summed E-state index contributed by atoms with van der Waals surface area (Å²) in [5, 5.41) is 0. The Morgan fingerprint density at radius 1 is 1.22 bits per heavy atom. The second-order valence-corrected chi connectivity index (χ2v) is 5.27. The number of hydrogen-bond donors (Lipinski definition) is 1. The number of nitrogens with two attached hydrogens (primary N) is 1. The van der Waals surface area contributed by atoms with E-state index in [-0.39, 0.29) is 6.04 Å². The molecule has 1 aromatic carbocycles. The van der Waals surface area contributed by atoms with E-state index in [1.165, 1.54) is 11.3 Å². The molecule has 1 aliphatic heterocycles. The van der Waals surface area contributed by atoms with Crippen LogP contribution in [-0.4, -0.2) is 25.3 Å². The number of ether oxygens (including phenoxy) is 1. The molecule has 0 amide bonds. The summed E-state index contributed by atoms with van der Waals surface area (Å²) < 4.78 is 5.76. The lowest BCUT2D eigenvalue weighted by Gasteiger charge is -2.37. The van der Waals surface area contributed by atoms with Crippen molar-refractivity contribution in [3.63, 3.8) is 0 Å². The molecule has 1 heterocycles. The zero-order valence-corrected chi connectivity index (χ0v) is 11.6. The zero-order chi connectivity index (χ0) is 13.1. The molecule has 0 aliphatic carbocycles. The molecule has 0 bridgehead atoms. The molecule has 3 nitrogen and oxygen atoms in total. The van der Waals surface area contributed by atoms with Crippen molar-refractivity contribution in [2.45, 2.75) is 45.4 Å². The predicted octanol–water partition coefficient (Wildman–Crippen LogP) is 2.71. The SMILES string of the molecule is CC[C@H](N)c1ccc(N2C[C@@H](C)O[C@@H](C)C2)cc1. The van der Waals surface area contributed by atoms with Crippen LogP contribution in [0, 0.1) is 0 Å². The third kappa shape index (κ3) is 3.03. The van der Waals surface area contributed by atoms with Gasteiger partial charge >= 0.3 is 0 Å². The fourth-order valence-electron chi connectivity index (χ4n) is 2.56. The minimum atomic E-state index is 0.154. The van der Waals surface area contributed by atoms with Gasteiger partial charge in [-0.25, -0.2) is 0 Å². The van der Waals surface area contributed by atoms with Crippen molar-refractivity contribution in [3.8, 4) is 0 Å². The number of nitrogens with zero attached hydrogens (tertiary/aromatic N) is 1. The summed E-state index contributed by atoms with van der Waals surface area (Å²) >= 11 is 0. The summed E-state index contributed by atoms with van der Waals surface area (Å²) in [6.07, 6.45) is 1.57. The summed E-state index contributed by atoms with van der Waals surface area (Å²) in [4.78, 5) is 2.39. The summed E-state index contributed by atoms with van der Waals surface area (Å²) in [5.41, 5.74) is 8.52. The van der Waals surface area contributed by atoms with Crippen LogP contribution in [0.5, 0.6) is 0 Å². The van der Waals surface area contributed by atoms with E-state index in [4.69, 9.17) is 10.5 Å². The monoisotopic (exact) mass is 248 g/mol. The molecule has 100 valence electrons. The largest absolute Gasteiger partial charge is 0.372 e. The summed E-state index contributed by atoms with van der Waals surface area (Å²) in [6.45, 7) is 8.30. The Labute approximate surface area is 110 Å². The third-order valence-electron chi connectivity index (χ3n) is 3.55. The molecule has 0 radical (unpaired) electrons. The van der Waals surface area contributed by atoms with Crippen LogP contribution in [0.4, 0.5) is 5.69 Å². The first-order valence-electron chi connectivity index (χ1n) is 6.86. The Kier molecular flexibility index (Phi) is 4.25. The fraction of sp³-hybridized carbons (Fsp3) is 0.600. The van der Waals surface area contributed by atoms with E-state index in [1.54, 1.807) is 0 Å². The van der Waals surface area contributed by atoms with Gasteiger partial charge in [0.2, 0.25) is 0 Å². The van der Waals surface area contributed by atoms with Gasteiger partial charge in [0.1, 0.15) is 0 Å². The van der Waals surface area contributed by atoms with E-state index in [0.29, 0.717) is 12.2 Å². The average molecular weight is 248 g/mol. The van der Waals surface area contributed by atoms with E-state index in [9.17, 15) is 0 Å². The molecule has 0 spiro atoms. The highest BCUT2D eigenvalue weighted by Crippen LogP contribution is 2.23. The normalized spacial score (nSPS) is 26.1. The molecule has 0 saturated carbocycles. The van der Waals surface area contributed by atoms with Crippen molar-refractivity contribution in [3.05, 3.63) is 29.8 Å². The summed E-state index contributed by atoms with van der Waals surface area (Å²) in [5.74, 6) is 0. The van der Waals surface area contributed by atoms with Crippen molar-refractivity contribution in [2.24, 2.45) is 5.73 Å². The van der Waals surface area contributed by atoms with Crippen molar-refractivity contribution in [1.29, 1.82) is 0 Å². The van der Waals surface area contributed by atoms with Crippen LogP contribution in [0.1, 0.15) is 38.8 Å². The Morgan fingerprint density at radius 3 is 2.28 bits per heavy atom. The third-order valence-corrected chi connectivity index (χ3v) is 3.55. The first kappa shape index (κ1) is 13.4. The average Bonchev–Trinajstić information content (AvgIpc) is 2.37. The molecule has 2 N–H and O–H groups in total. The first-order chi connectivity index (χ1) is 8.60. The van der Waals surface area contributed by atoms with E-state index >= 15 is 0 Å². The molecule has 1 aromatic rings. The van der Waals surface area contributed by atoms with Gasteiger partial charge in [-0.1, -0.05) is 19.1 Å². The number of morpholine rings is 1. The summed E-state index contributed by atoms with van der Waals surface area (Å²) in [6, 6.07) is 8.80. The minimum absolute atomic E-state index is 0.154. The highest BCUT2D eigenvalue weighted by atomic mass is 16.5. The predicted molar refractivity (Wildman–Crippen MR) is 75.9 cm³/mol. The van der Waals surface area contributed by atoms with Gasteiger partial charge in [-0.15, -0.1) is 0 Å². The maximum atomic E-state index is 6.03. The molecule has 3 atom stereocenters. The molecular weight excluding hydrogens is 224 g/mol. The van der Waals surface area contributed by atoms with Gasteiger partial charge in [0, 0.05) is 24.8 Å². The highest BCUT2D eigenvalue weighted by molar-refractivity contribution is 5.48. The van der Waals surface area contributed by atoms with E-state index in [1.807, 2.05) is 0 Å². The second-order valence-electron chi connectivity index (χ2n) is 5.27. The van der Waals surface area contributed by atoms with Crippen LogP contribution < -0.4 is 10.6 Å². The van der Waals surface area contributed by atoms with Crippen molar-refractivity contribution in [2.75, 3.05) is 18.0 Å². The number of rotatable bonds is 3. The molecule has 1 saturated heterocycles. The van der Waals surface area contributed by atoms with Crippen LogP contribution >= 0.6 is 0 Å². The Bertz CT molecular complexity index is 367. The fourth-order valence-corrected chi connectivity index (χ4v) is 2.56. The van der Waals surface area contributed by atoms with E-state index in [0.717, 1.165) is 19.5 Å². The smallest absolute Gasteiger partial charge is 0.0726 e. The van der Waals surface area contributed by atoms with Crippen molar-refractivity contribution in [1.82, 2.24) is 0 Å². The Hall–Kier alpha value is -1.06. The Morgan fingerprint density at radius 2 is 1.78 bits per heavy atom. The molecular formula is C15H24N2O. The van der Waals surface area contributed by atoms with Gasteiger partial charge in [-0.3, -0.25) is 0 Å². The molecule has 0 unspecified atom stereocenters. The van der Waals surface area contributed by atoms with Crippen LogP contribution in [0.25, 0.3) is 0 Å². The van der Waals surface area contributed by atoms with E-state index < -0.39 is 0 Å². The van der Waals surface area contributed by atoms with Gasteiger partial charge in [0.15, 0.2) is 0 Å². The molecule has 1 aliphatic rings. The topological polar surface area (TPSA) is 38.5 Å². The lowest BCUT2D eigenvalue weighted by Crippen LogP contribution is -2.45. The van der Waals surface area contributed by atoms with Crippen LogP contribution in [-0.2, 0) is 4.74 Å². The van der Waals surface area contributed by atoms with Gasteiger partial charge in [0.05, 0.1) is 12.2 Å². The van der Waals surface area contributed by atoms with Crippen molar-refractivity contribution < 1.29 is 4.74 Å². The number of benzene rings is 1. The van der Waals surface area contributed by atoms with Gasteiger partial charge in [-0.05, 0) is 38.0 Å². The molecule has 1 fully saturated rings. The minimum Gasteiger partial charge on any atom is -0.372 e. The summed E-state index contributed by atoms with van der Waals surface area (Å²) in [7, 11) is 0. The lowest BCUT2D eigenvalue weighted by atomic mass is 10.0. The number of hydrogen-bond acceptors (Lipinski definition) is 3. The van der Waals surface area contributed by atoms with Gasteiger partial charge in [0.25, 0.3) is 0 Å². The van der Waals surface area contributed by atoms with Crippen molar-refractivity contribution >= 4 is 5.69 Å². The molecule has 18 heavy (non-hydrogen) atoms. The second kappa shape index (κ2) is 5.72. The van der Waals surface area contributed by atoms with Crippen LogP contribution in [0.2, 0.25) is 0 Å².